The lowest BCUT2D eigenvalue weighted by molar-refractivity contribution is 0.0696. The van der Waals surface area contributed by atoms with Crippen molar-refractivity contribution in [2.24, 2.45) is 0 Å². The summed E-state index contributed by atoms with van der Waals surface area (Å²) in [5.41, 5.74) is -0.383. The minimum Gasteiger partial charge on any atom is -0.478 e. The van der Waals surface area contributed by atoms with Crippen LogP contribution in [0.5, 0.6) is 0 Å². The van der Waals surface area contributed by atoms with Crippen LogP contribution in [0, 0.1) is 5.82 Å². The lowest BCUT2D eigenvalue weighted by Gasteiger charge is -2.10. The molecule has 0 radical (unpaired) electrons. The van der Waals surface area contributed by atoms with Crippen molar-refractivity contribution in [2.75, 3.05) is 13.2 Å². The summed E-state index contributed by atoms with van der Waals surface area (Å²) in [6.45, 7) is -1.14. The number of halogens is 1. The van der Waals surface area contributed by atoms with Crippen LogP contribution in [-0.4, -0.2) is 49.0 Å². The molecule has 106 valence electrons. The summed E-state index contributed by atoms with van der Waals surface area (Å²) in [5.74, 6) is -2.60. The van der Waals surface area contributed by atoms with Crippen molar-refractivity contribution in [1.29, 1.82) is 0 Å². The summed E-state index contributed by atoms with van der Waals surface area (Å²) < 4.78 is 38.7. The largest absolute Gasteiger partial charge is 0.478 e. The van der Waals surface area contributed by atoms with Gasteiger partial charge in [0.1, 0.15) is 10.7 Å². The maximum atomic E-state index is 13.5. The van der Waals surface area contributed by atoms with E-state index in [4.69, 9.17) is 15.3 Å². The maximum absolute atomic E-state index is 13.5. The standard InChI is InChI=1S/C10H12FNO6S/c11-8-3-6(10(15)16)1-2-9(8)19(17,18)12-4-7(14)5-13/h1-3,7,12-14H,4-5H2,(H,15,16). The monoisotopic (exact) mass is 293 g/mol. The second-order valence-electron chi connectivity index (χ2n) is 3.64. The van der Waals surface area contributed by atoms with Crippen LogP contribution < -0.4 is 4.72 Å². The molecule has 0 amide bonds. The van der Waals surface area contributed by atoms with Crippen molar-refractivity contribution in [3.8, 4) is 0 Å². The minimum atomic E-state index is -4.23. The average Bonchev–Trinajstić information content (AvgIpc) is 2.35. The summed E-state index contributed by atoms with van der Waals surface area (Å²) in [5, 5.41) is 26.2. The van der Waals surface area contributed by atoms with Gasteiger partial charge < -0.3 is 15.3 Å². The minimum absolute atomic E-state index is 0.383. The third-order valence-electron chi connectivity index (χ3n) is 2.19. The Morgan fingerprint density at radius 1 is 1.42 bits per heavy atom. The number of hydrogen-bond acceptors (Lipinski definition) is 5. The first-order chi connectivity index (χ1) is 8.77. The number of benzene rings is 1. The maximum Gasteiger partial charge on any atom is 0.335 e. The number of carboxylic acid groups (broad SMARTS) is 1. The Morgan fingerprint density at radius 3 is 2.53 bits per heavy atom. The van der Waals surface area contributed by atoms with E-state index in [-0.39, 0.29) is 5.56 Å². The second kappa shape index (κ2) is 6.06. The van der Waals surface area contributed by atoms with Gasteiger partial charge in [-0.1, -0.05) is 0 Å². The first kappa shape index (κ1) is 15.5. The molecule has 0 aliphatic carbocycles. The summed E-state index contributed by atoms with van der Waals surface area (Å²) in [4.78, 5) is 9.84. The van der Waals surface area contributed by atoms with Gasteiger partial charge in [0, 0.05) is 6.54 Å². The van der Waals surface area contributed by atoms with Gasteiger partial charge in [-0.2, -0.15) is 0 Å². The molecule has 1 rings (SSSR count). The highest BCUT2D eigenvalue weighted by atomic mass is 32.2. The van der Waals surface area contributed by atoms with Gasteiger partial charge in [0.25, 0.3) is 0 Å². The zero-order valence-corrected chi connectivity index (χ0v) is 10.4. The number of carboxylic acids is 1. The normalized spacial score (nSPS) is 13.2. The Morgan fingerprint density at radius 2 is 2.05 bits per heavy atom. The Balaban J connectivity index is 2.99. The zero-order valence-electron chi connectivity index (χ0n) is 9.58. The number of nitrogens with one attached hydrogen (secondary N) is 1. The van der Waals surface area contributed by atoms with Gasteiger partial charge in [-0.3, -0.25) is 0 Å². The number of aliphatic hydroxyl groups excluding tert-OH is 2. The van der Waals surface area contributed by atoms with Gasteiger partial charge in [-0.15, -0.1) is 0 Å². The Labute approximate surface area is 108 Å². The molecule has 0 saturated carbocycles. The van der Waals surface area contributed by atoms with Crippen molar-refractivity contribution >= 4 is 16.0 Å². The van der Waals surface area contributed by atoms with Gasteiger partial charge in [0.05, 0.1) is 18.3 Å². The van der Waals surface area contributed by atoms with Crippen LogP contribution in [0.25, 0.3) is 0 Å². The van der Waals surface area contributed by atoms with Crippen LogP contribution >= 0.6 is 0 Å². The van der Waals surface area contributed by atoms with Crippen LogP contribution in [0.2, 0.25) is 0 Å². The summed E-state index contributed by atoms with van der Waals surface area (Å²) >= 11 is 0. The van der Waals surface area contributed by atoms with Gasteiger partial charge in [-0.05, 0) is 18.2 Å². The van der Waals surface area contributed by atoms with Crippen LogP contribution in [0.1, 0.15) is 10.4 Å². The fourth-order valence-corrected chi connectivity index (χ4v) is 2.33. The number of rotatable bonds is 6. The first-order valence-electron chi connectivity index (χ1n) is 5.09. The van der Waals surface area contributed by atoms with Crippen LogP contribution in [-0.2, 0) is 10.0 Å². The molecule has 0 bridgehead atoms. The number of aliphatic hydroxyl groups is 2. The van der Waals surface area contributed by atoms with Crippen LogP contribution in [0.4, 0.5) is 4.39 Å². The molecule has 0 saturated heterocycles. The third-order valence-corrected chi connectivity index (χ3v) is 3.64. The number of carbonyl (C=O) groups is 1. The lowest BCUT2D eigenvalue weighted by Crippen LogP contribution is -2.34. The molecule has 9 heteroatoms. The Bertz CT molecular complexity index is 573. The van der Waals surface area contributed by atoms with Crippen molar-refractivity contribution in [3.63, 3.8) is 0 Å². The SMILES string of the molecule is O=C(O)c1ccc(S(=O)(=O)NCC(O)CO)c(F)c1. The van der Waals surface area contributed by atoms with Gasteiger partial charge >= 0.3 is 5.97 Å². The van der Waals surface area contributed by atoms with E-state index < -0.39 is 46.0 Å². The predicted molar refractivity (Wildman–Crippen MR) is 61.6 cm³/mol. The molecular formula is C10H12FNO6S. The third kappa shape index (κ3) is 3.96. The molecule has 0 aliphatic heterocycles. The zero-order chi connectivity index (χ0) is 14.6. The smallest absolute Gasteiger partial charge is 0.335 e. The molecule has 1 aromatic rings. The molecule has 1 atom stereocenters. The highest BCUT2D eigenvalue weighted by molar-refractivity contribution is 7.89. The average molecular weight is 293 g/mol. The lowest BCUT2D eigenvalue weighted by atomic mass is 10.2. The van der Waals surface area contributed by atoms with Crippen LogP contribution in [0.3, 0.4) is 0 Å². The number of aromatic carboxylic acids is 1. The molecule has 0 fully saturated rings. The summed E-state index contributed by atoms with van der Waals surface area (Å²) in [7, 11) is -4.23. The van der Waals surface area contributed by atoms with E-state index in [1.165, 1.54) is 0 Å². The van der Waals surface area contributed by atoms with Crippen molar-refractivity contribution < 1.29 is 32.9 Å². The second-order valence-corrected chi connectivity index (χ2v) is 5.37. The molecule has 0 aromatic heterocycles. The summed E-state index contributed by atoms with van der Waals surface area (Å²) in [6, 6.07) is 2.34. The molecule has 0 heterocycles. The van der Waals surface area contributed by atoms with E-state index in [1.54, 1.807) is 0 Å². The molecule has 0 spiro atoms. The van der Waals surface area contributed by atoms with E-state index in [0.717, 1.165) is 12.1 Å². The molecule has 4 N–H and O–H groups in total. The van der Waals surface area contributed by atoms with Gasteiger partial charge in [-0.25, -0.2) is 22.3 Å². The van der Waals surface area contributed by atoms with E-state index >= 15 is 0 Å². The molecular weight excluding hydrogens is 281 g/mol. The molecule has 7 nitrogen and oxygen atoms in total. The predicted octanol–water partition coefficient (Wildman–Crippen LogP) is -0.845. The Hall–Kier alpha value is -1.55. The Kier molecular flexibility index (Phi) is 4.95. The first-order valence-corrected chi connectivity index (χ1v) is 6.57. The molecule has 1 aromatic carbocycles. The van der Waals surface area contributed by atoms with Crippen molar-refractivity contribution in [1.82, 2.24) is 4.72 Å². The van der Waals surface area contributed by atoms with Gasteiger partial charge in [0.15, 0.2) is 0 Å². The highest BCUT2D eigenvalue weighted by Crippen LogP contribution is 2.16. The summed E-state index contributed by atoms with van der Waals surface area (Å²) in [6.07, 6.45) is -1.31. The van der Waals surface area contributed by atoms with Crippen molar-refractivity contribution in [3.05, 3.63) is 29.6 Å². The highest BCUT2D eigenvalue weighted by Gasteiger charge is 2.21. The fourth-order valence-electron chi connectivity index (χ4n) is 1.20. The molecule has 1 unspecified atom stereocenters. The van der Waals surface area contributed by atoms with E-state index in [9.17, 15) is 17.6 Å². The van der Waals surface area contributed by atoms with E-state index in [0.29, 0.717) is 6.07 Å². The van der Waals surface area contributed by atoms with Gasteiger partial charge in [0.2, 0.25) is 10.0 Å². The topological polar surface area (TPSA) is 124 Å². The van der Waals surface area contributed by atoms with E-state index in [1.807, 2.05) is 4.72 Å². The molecule has 19 heavy (non-hydrogen) atoms. The number of hydrogen-bond donors (Lipinski definition) is 4. The number of sulfonamides is 1. The van der Waals surface area contributed by atoms with Crippen molar-refractivity contribution in [2.45, 2.75) is 11.0 Å². The van der Waals surface area contributed by atoms with Crippen LogP contribution in [0.15, 0.2) is 23.1 Å². The quantitative estimate of drug-likeness (QED) is 0.542. The molecule has 0 aliphatic rings. The fraction of sp³-hybridized carbons (Fsp3) is 0.300. The van der Waals surface area contributed by atoms with E-state index in [2.05, 4.69) is 0 Å².